The van der Waals surface area contributed by atoms with Crippen molar-refractivity contribution < 1.29 is 18.0 Å². The average molecular weight is 314 g/mol. The van der Waals surface area contributed by atoms with Crippen molar-refractivity contribution in [2.75, 3.05) is 0 Å². The molecule has 0 saturated carbocycles. The van der Waals surface area contributed by atoms with E-state index in [1.165, 1.54) is 19.1 Å². The normalized spacial score (nSPS) is 28.7. The highest BCUT2D eigenvalue weighted by atomic mass is 32.2. The monoisotopic (exact) mass is 314 g/mol. The van der Waals surface area contributed by atoms with Crippen molar-refractivity contribution in [1.29, 1.82) is 0 Å². The predicted molar refractivity (Wildman–Crippen MR) is 77.6 cm³/mol. The van der Waals surface area contributed by atoms with Crippen molar-refractivity contribution in [3.63, 3.8) is 0 Å². The number of ketones is 1. The first-order valence-corrected chi connectivity index (χ1v) is 8.16. The molecule has 0 aromatic heterocycles. The Morgan fingerprint density at radius 2 is 1.81 bits per heavy atom. The number of Topliss-reactive ketones (excluding diaryl/α,β-unsaturated/α-hetero) is 1. The minimum Gasteiger partial charge on any atom is -0.294 e. The maximum Gasteiger partial charge on any atom is 0.416 e. The fourth-order valence-corrected chi connectivity index (χ4v) is 5.16. The molecule has 2 heterocycles. The van der Waals surface area contributed by atoms with Crippen molar-refractivity contribution in [2.45, 2.75) is 49.3 Å². The third kappa shape index (κ3) is 2.98. The molecular formula is C16H17F3OS. The van der Waals surface area contributed by atoms with Crippen LogP contribution in [0.2, 0.25) is 0 Å². The first kappa shape index (κ1) is 14.9. The third-order valence-corrected chi connectivity index (χ3v) is 6.11. The summed E-state index contributed by atoms with van der Waals surface area (Å²) in [4.78, 5) is 12.5. The smallest absolute Gasteiger partial charge is 0.294 e. The van der Waals surface area contributed by atoms with Crippen molar-refractivity contribution in [3.8, 4) is 0 Å². The van der Waals surface area contributed by atoms with Gasteiger partial charge < -0.3 is 0 Å². The van der Waals surface area contributed by atoms with Gasteiger partial charge in [-0.3, -0.25) is 4.79 Å². The molecule has 2 bridgehead atoms. The Morgan fingerprint density at radius 3 is 2.38 bits per heavy atom. The Labute approximate surface area is 126 Å². The summed E-state index contributed by atoms with van der Waals surface area (Å²) in [6.45, 7) is 1.43. The lowest BCUT2D eigenvalue weighted by Crippen LogP contribution is -2.25. The van der Waals surface area contributed by atoms with Crippen LogP contribution in [-0.2, 0) is 6.18 Å². The van der Waals surface area contributed by atoms with Gasteiger partial charge >= 0.3 is 6.18 Å². The molecule has 0 amide bonds. The molecule has 0 aliphatic carbocycles. The number of halogens is 3. The molecule has 114 valence electrons. The van der Waals surface area contributed by atoms with E-state index in [0.29, 0.717) is 10.5 Å². The quantitative estimate of drug-likeness (QED) is 0.724. The molecule has 2 unspecified atom stereocenters. The highest BCUT2D eigenvalue weighted by Gasteiger charge is 2.39. The Bertz CT molecular complexity index is 555. The number of rotatable bonds is 2. The second kappa shape index (κ2) is 5.34. The molecule has 1 aromatic rings. The van der Waals surface area contributed by atoms with Gasteiger partial charge in [0.15, 0.2) is 5.78 Å². The van der Waals surface area contributed by atoms with Crippen molar-refractivity contribution in [2.24, 2.45) is 5.92 Å². The van der Waals surface area contributed by atoms with E-state index in [4.69, 9.17) is 0 Å². The van der Waals surface area contributed by atoms with Gasteiger partial charge in [-0.1, -0.05) is 12.1 Å². The van der Waals surface area contributed by atoms with E-state index in [1.807, 2.05) is 11.8 Å². The van der Waals surface area contributed by atoms with Gasteiger partial charge in [0.25, 0.3) is 0 Å². The first-order valence-electron chi connectivity index (χ1n) is 7.22. The van der Waals surface area contributed by atoms with Crippen LogP contribution in [0.15, 0.2) is 18.2 Å². The zero-order valence-electron chi connectivity index (χ0n) is 11.7. The fourth-order valence-electron chi connectivity index (χ4n) is 3.39. The van der Waals surface area contributed by atoms with Crippen LogP contribution in [0.1, 0.15) is 47.2 Å². The van der Waals surface area contributed by atoms with Gasteiger partial charge in [-0.05, 0) is 44.2 Å². The van der Waals surface area contributed by atoms with Gasteiger partial charge in [0.05, 0.1) is 5.56 Å². The third-order valence-electron chi connectivity index (χ3n) is 4.49. The first-order chi connectivity index (χ1) is 9.84. The summed E-state index contributed by atoms with van der Waals surface area (Å²) in [5.41, 5.74) is -0.316. The molecule has 2 aliphatic rings. The summed E-state index contributed by atoms with van der Waals surface area (Å²) < 4.78 is 38.9. The molecular weight excluding hydrogens is 297 g/mol. The number of thioether (sulfide) groups is 1. The molecule has 2 atom stereocenters. The largest absolute Gasteiger partial charge is 0.416 e. The Balaban J connectivity index is 1.85. The molecule has 1 nitrogen and oxygen atoms in total. The van der Waals surface area contributed by atoms with Crippen LogP contribution in [-0.4, -0.2) is 16.3 Å². The molecule has 3 rings (SSSR count). The molecule has 2 fully saturated rings. The summed E-state index contributed by atoms with van der Waals surface area (Å²) in [6.07, 6.45) is -0.492. The summed E-state index contributed by atoms with van der Waals surface area (Å²) >= 11 is 1.95. The van der Waals surface area contributed by atoms with E-state index < -0.39 is 11.7 Å². The number of fused-ring (bicyclic) bond motifs is 2. The topological polar surface area (TPSA) is 17.1 Å². The fraction of sp³-hybridized carbons (Fsp3) is 0.562. The Morgan fingerprint density at radius 1 is 1.19 bits per heavy atom. The highest BCUT2D eigenvalue weighted by Crippen LogP contribution is 2.46. The van der Waals surface area contributed by atoms with Gasteiger partial charge in [0.2, 0.25) is 0 Å². The Kier molecular flexibility index (Phi) is 3.80. The maximum atomic E-state index is 13.0. The van der Waals surface area contributed by atoms with E-state index in [2.05, 4.69) is 0 Å². The molecule has 0 N–H and O–H groups in total. The number of benzene rings is 1. The number of aryl methyl sites for hydroxylation is 1. The number of carbonyl (C=O) groups excluding carboxylic acids is 1. The average Bonchev–Trinajstić information content (AvgIpc) is 2.76. The summed E-state index contributed by atoms with van der Waals surface area (Å²) in [5.74, 6) is -0.217. The SMILES string of the molecule is Cc1ccc(C(=O)C2CC3CCC(C2)S3)cc1C(F)(F)F. The van der Waals surface area contributed by atoms with E-state index in [9.17, 15) is 18.0 Å². The lowest BCUT2D eigenvalue weighted by Gasteiger charge is -2.26. The van der Waals surface area contributed by atoms with Crippen LogP contribution in [0.3, 0.4) is 0 Å². The summed E-state index contributed by atoms with van der Waals surface area (Å²) in [6, 6.07) is 3.97. The zero-order valence-corrected chi connectivity index (χ0v) is 12.6. The van der Waals surface area contributed by atoms with Gasteiger partial charge in [0, 0.05) is 22.0 Å². The molecule has 0 radical (unpaired) electrons. The standard InChI is InChI=1S/C16H17F3OS/c1-9-2-3-10(8-14(9)16(17,18)19)15(20)11-6-12-4-5-13(7-11)21-12/h2-3,8,11-13H,4-7H2,1H3. The maximum absolute atomic E-state index is 13.0. The van der Waals surface area contributed by atoms with Crippen molar-refractivity contribution in [1.82, 2.24) is 0 Å². The number of hydrogen-bond acceptors (Lipinski definition) is 2. The minimum absolute atomic E-state index is 0.104. The Hall–Kier alpha value is -0.970. The molecule has 21 heavy (non-hydrogen) atoms. The molecule has 5 heteroatoms. The lowest BCUT2D eigenvalue weighted by molar-refractivity contribution is -0.138. The lowest BCUT2D eigenvalue weighted by atomic mass is 9.89. The molecule has 2 saturated heterocycles. The van der Waals surface area contributed by atoms with Crippen LogP contribution in [0.5, 0.6) is 0 Å². The summed E-state index contributed by atoms with van der Waals surface area (Å²) in [5, 5.41) is 1.04. The van der Waals surface area contributed by atoms with Gasteiger partial charge in [-0.15, -0.1) is 0 Å². The van der Waals surface area contributed by atoms with E-state index in [-0.39, 0.29) is 22.8 Å². The second-order valence-electron chi connectivity index (χ2n) is 6.02. The molecule has 0 spiro atoms. The predicted octanol–water partition coefficient (Wildman–Crippen LogP) is 4.87. The van der Waals surface area contributed by atoms with Gasteiger partial charge in [-0.2, -0.15) is 24.9 Å². The zero-order chi connectivity index (χ0) is 15.2. The van der Waals surface area contributed by atoms with Crippen LogP contribution in [0.25, 0.3) is 0 Å². The van der Waals surface area contributed by atoms with Crippen LogP contribution in [0, 0.1) is 12.8 Å². The van der Waals surface area contributed by atoms with Gasteiger partial charge in [-0.25, -0.2) is 0 Å². The van der Waals surface area contributed by atoms with E-state index in [1.54, 1.807) is 0 Å². The molecule has 1 aromatic carbocycles. The summed E-state index contributed by atoms with van der Waals surface area (Å²) in [7, 11) is 0. The van der Waals surface area contributed by atoms with Crippen LogP contribution in [0.4, 0.5) is 13.2 Å². The number of alkyl halides is 3. The van der Waals surface area contributed by atoms with E-state index >= 15 is 0 Å². The highest BCUT2D eigenvalue weighted by molar-refractivity contribution is 8.00. The number of carbonyl (C=O) groups is 1. The van der Waals surface area contributed by atoms with Crippen molar-refractivity contribution in [3.05, 3.63) is 34.9 Å². The molecule has 2 aliphatic heterocycles. The minimum atomic E-state index is -4.40. The van der Waals surface area contributed by atoms with Crippen molar-refractivity contribution >= 4 is 17.5 Å². The van der Waals surface area contributed by atoms with Crippen LogP contribution < -0.4 is 0 Å². The van der Waals surface area contributed by atoms with Crippen LogP contribution >= 0.6 is 11.8 Å². The second-order valence-corrected chi connectivity index (χ2v) is 7.62. The van der Waals surface area contributed by atoms with E-state index in [0.717, 1.165) is 31.7 Å². The van der Waals surface area contributed by atoms with Gasteiger partial charge in [0.1, 0.15) is 0 Å². The number of hydrogen-bond donors (Lipinski definition) is 0.